The predicted octanol–water partition coefficient (Wildman–Crippen LogP) is 3.63. The molecule has 0 saturated carbocycles. The SMILES string of the molecule is C1=CC=C(B2c3cccc4c3N3c5c(cccc5B(c5ccccc5)c5cccc2c53)B4C2=CCCC=C2)CC=C1. The fraction of sp³-hybridized carbons (Fsp3) is 0.0811. The first-order valence-electron chi connectivity index (χ1n) is 15.0. The van der Waals surface area contributed by atoms with E-state index < -0.39 is 0 Å². The Morgan fingerprint density at radius 2 is 1.12 bits per heavy atom. The number of hydrogen-bond acceptors (Lipinski definition) is 1. The summed E-state index contributed by atoms with van der Waals surface area (Å²) >= 11 is 0. The van der Waals surface area contributed by atoms with E-state index in [1.54, 1.807) is 0 Å². The molecule has 3 aliphatic heterocycles. The van der Waals surface area contributed by atoms with Gasteiger partial charge in [-0.1, -0.05) is 150 Å². The summed E-state index contributed by atoms with van der Waals surface area (Å²) < 4.78 is 0. The number of rotatable bonds is 3. The van der Waals surface area contributed by atoms with E-state index in [1.807, 2.05) is 0 Å². The third kappa shape index (κ3) is 3.28. The topological polar surface area (TPSA) is 3.24 Å². The molecule has 0 unspecified atom stereocenters. The molecule has 0 atom stereocenters. The molecule has 0 amide bonds. The van der Waals surface area contributed by atoms with Crippen molar-refractivity contribution in [2.45, 2.75) is 19.3 Å². The molecule has 1 nitrogen and oxygen atoms in total. The smallest absolute Gasteiger partial charge is 0.246 e. The van der Waals surface area contributed by atoms with Crippen molar-refractivity contribution in [2.24, 2.45) is 0 Å². The molecular formula is C37H28B3N. The van der Waals surface area contributed by atoms with E-state index >= 15 is 0 Å². The Kier molecular flexibility index (Phi) is 5.14. The van der Waals surface area contributed by atoms with Crippen LogP contribution in [0.2, 0.25) is 0 Å². The highest BCUT2D eigenvalue weighted by Crippen LogP contribution is 2.40. The molecule has 4 heteroatoms. The van der Waals surface area contributed by atoms with Crippen LogP contribution in [-0.2, 0) is 0 Å². The van der Waals surface area contributed by atoms with Gasteiger partial charge in [-0.25, -0.2) is 0 Å². The number of nitrogens with zero attached hydrogens (tertiary/aromatic N) is 1. The zero-order chi connectivity index (χ0) is 26.9. The zero-order valence-electron chi connectivity index (χ0n) is 23.0. The van der Waals surface area contributed by atoms with Gasteiger partial charge in [-0.05, 0) is 52.0 Å². The van der Waals surface area contributed by atoms with Gasteiger partial charge in [0.1, 0.15) is 0 Å². The van der Waals surface area contributed by atoms with Crippen molar-refractivity contribution >= 4 is 75.4 Å². The number of benzene rings is 4. The van der Waals surface area contributed by atoms with Gasteiger partial charge in [-0.3, -0.25) is 0 Å². The van der Waals surface area contributed by atoms with Crippen molar-refractivity contribution in [1.82, 2.24) is 0 Å². The van der Waals surface area contributed by atoms with Crippen molar-refractivity contribution in [3.63, 3.8) is 0 Å². The molecule has 9 rings (SSSR count). The molecule has 0 radical (unpaired) electrons. The van der Waals surface area contributed by atoms with Crippen molar-refractivity contribution in [3.8, 4) is 0 Å². The monoisotopic (exact) mass is 519 g/mol. The second kappa shape index (κ2) is 9.04. The van der Waals surface area contributed by atoms with Crippen LogP contribution in [0.5, 0.6) is 0 Å². The van der Waals surface area contributed by atoms with Gasteiger partial charge in [0.05, 0.1) is 0 Å². The molecule has 4 aromatic carbocycles. The fourth-order valence-electron chi connectivity index (χ4n) is 8.17. The maximum Gasteiger partial charge on any atom is 0.246 e. The highest BCUT2D eigenvalue weighted by atomic mass is 15.2. The number of hydrogen-bond donors (Lipinski definition) is 0. The van der Waals surface area contributed by atoms with E-state index in [4.69, 9.17) is 0 Å². The van der Waals surface area contributed by atoms with Crippen molar-refractivity contribution in [2.75, 3.05) is 4.90 Å². The van der Waals surface area contributed by atoms with Gasteiger partial charge in [0.2, 0.25) is 20.1 Å². The normalized spacial score (nSPS) is 17.3. The third-order valence-electron chi connectivity index (χ3n) is 9.72. The van der Waals surface area contributed by atoms with Gasteiger partial charge < -0.3 is 4.90 Å². The molecule has 3 heterocycles. The molecule has 0 spiro atoms. The maximum atomic E-state index is 2.67. The molecule has 41 heavy (non-hydrogen) atoms. The number of anilines is 3. The molecule has 0 aromatic heterocycles. The van der Waals surface area contributed by atoms with Gasteiger partial charge in [-0.2, -0.15) is 0 Å². The summed E-state index contributed by atoms with van der Waals surface area (Å²) in [5.41, 5.74) is 17.1. The Bertz CT molecular complexity index is 1890. The first-order chi connectivity index (χ1) is 20.4. The van der Waals surface area contributed by atoms with Gasteiger partial charge in [0.15, 0.2) is 0 Å². The Labute approximate surface area is 243 Å². The maximum absolute atomic E-state index is 2.67. The van der Waals surface area contributed by atoms with Gasteiger partial charge in [0.25, 0.3) is 0 Å². The number of para-hydroxylation sites is 3. The van der Waals surface area contributed by atoms with Crippen LogP contribution in [-0.4, -0.2) is 20.1 Å². The van der Waals surface area contributed by atoms with Crippen LogP contribution in [0.4, 0.5) is 17.1 Å². The quantitative estimate of drug-likeness (QED) is 0.330. The van der Waals surface area contributed by atoms with Crippen molar-refractivity contribution in [1.29, 1.82) is 0 Å². The van der Waals surface area contributed by atoms with Crippen molar-refractivity contribution < 1.29 is 0 Å². The average molecular weight is 519 g/mol. The van der Waals surface area contributed by atoms with E-state index in [2.05, 4.69) is 138 Å². The Hall–Kier alpha value is -4.43. The van der Waals surface area contributed by atoms with E-state index in [1.165, 1.54) is 66.2 Å². The minimum Gasteiger partial charge on any atom is -0.314 e. The zero-order valence-corrected chi connectivity index (χ0v) is 23.0. The van der Waals surface area contributed by atoms with Crippen LogP contribution in [0, 0.1) is 0 Å². The standard InChI is InChI=1S/C37H28B3N/c1-2-6-15-26(14-5-1)38-29-20-11-22-31-35(29)41-36-30(38)21-12-23-32(36)40(28-18-9-4-10-19-28)34-25-13-24-33(37(34)41)39(31)27-16-7-3-8-17-27/h1-3,5-9,11-14,16-25H,4,10,15H2. The van der Waals surface area contributed by atoms with Crippen LogP contribution in [0.25, 0.3) is 0 Å². The lowest BCUT2D eigenvalue weighted by molar-refractivity contribution is 1.03. The summed E-state index contributed by atoms with van der Waals surface area (Å²) in [5, 5.41) is 0. The minimum absolute atomic E-state index is 0.198. The third-order valence-corrected chi connectivity index (χ3v) is 9.72. The summed E-state index contributed by atoms with van der Waals surface area (Å²) in [6.45, 7) is 0.659. The Balaban J connectivity index is 1.41. The first kappa shape index (κ1) is 23.3. The van der Waals surface area contributed by atoms with E-state index in [9.17, 15) is 0 Å². The van der Waals surface area contributed by atoms with Gasteiger partial charge in [0, 0.05) is 17.1 Å². The molecule has 5 aliphatic rings. The predicted molar refractivity (Wildman–Crippen MR) is 180 cm³/mol. The second-order valence-corrected chi connectivity index (χ2v) is 11.8. The van der Waals surface area contributed by atoms with Crippen LogP contribution in [0.15, 0.2) is 144 Å². The summed E-state index contributed by atoms with van der Waals surface area (Å²) in [4.78, 5) is 2.67. The van der Waals surface area contributed by atoms with Crippen LogP contribution >= 0.6 is 0 Å². The highest BCUT2D eigenvalue weighted by molar-refractivity contribution is 7.03. The molecular weight excluding hydrogens is 491 g/mol. The minimum atomic E-state index is 0.198. The average Bonchev–Trinajstić information content (AvgIpc) is 3.32. The molecule has 2 aliphatic carbocycles. The molecule has 0 N–H and O–H groups in total. The molecule has 4 aromatic rings. The van der Waals surface area contributed by atoms with Crippen LogP contribution < -0.4 is 43.1 Å². The fourth-order valence-corrected chi connectivity index (χ4v) is 8.17. The first-order valence-corrected chi connectivity index (χ1v) is 15.0. The lowest BCUT2D eigenvalue weighted by Gasteiger charge is -2.49. The van der Waals surface area contributed by atoms with Gasteiger partial charge in [-0.15, -0.1) is 0 Å². The van der Waals surface area contributed by atoms with Crippen LogP contribution in [0.1, 0.15) is 19.3 Å². The summed E-state index contributed by atoms with van der Waals surface area (Å²) in [6.07, 6.45) is 21.7. The lowest BCUT2D eigenvalue weighted by atomic mass is 9.26. The highest BCUT2D eigenvalue weighted by Gasteiger charge is 2.49. The van der Waals surface area contributed by atoms with E-state index in [0.717, 1.165) is 19.3 Å². The van der Waals surface area contributed by atoms with Crippen LogP contribution in [0.3, 0.4) is 0 Å². The van der Waals surface area contributed by atoms with E-state index in [0.29, 0.717) is 0 Å². The molecule has 0 saturated heterocycles. The second-order valence-electron chi connectivity index (χ2n) is 11.8. The molecule has 0 fully saturated rings. The Morgan fingerprint density at radius 1 is 0.512 bits per heavy atom. The van der Waals surface area contributed by atoms with E-state index in [-0.39, 0.29) is 20.1 Å². The lowest BCUT2D eigenvalue weighted by Crippen LogP contribution is -2.68. The summed E-state index contributed by atoms with van der Waals surface area (Å²) in [7, 11) is 0. The Morgan fingerprint density at radius 3 is 1.73 bits per heavy atom. The summed E-state index contributed by atoms with van der Waals surface area (Å²) in [5.74, 6) is 0. The molecule has 0 bridgehead atoms. The largest absolute Gasteiger partial charge is 0.314 e. The summed E-state index contributed by atoms with van der Waals surface area (Å²) in [6, 6.07) is 32.4. The van der Waals surface area contributed by atoms with Crippen molar-refractivity contribution in [3.05, 3.63) is 144 Å². The molecule has 190 valence electrons. The number of allylic oxidation sites excluding steroid dienone is 10. The van der Waals surface area contributed by atoms with Gasteiger partial charge >= 0.3 is 0 Å².